The Bertz CT molecular complexity index is 703. The summed E-state index contributed by atoms with van der Waals surface area (Å²) >= 11 is 5.97. The fourth-order valence-electron chi connectivity index (χ4n) is 1.93. The van der Waals surface area contributed by atoms with Gasteiger partial charge in [0.05, 0.1) is 24.3 Å². The molecule has 2 aromatic carbocycles. The third kappa shape index (κ3) is 4.36. The average Bonchev–Trinajstić information content (AvgIpc) is 2.54. The van der Waals surface area contributed by atoms with E-state index in [1.165, 1.54) is 19.2 Å². The van der Waals surface area contributed by atoms with Crippen LogP contribution in [0.4, 0.5) is 4.39 Å². The average molecular weight is 339 g/mol. The van der Waals surface area contributed by atoms with E-state index in [9.17, 15) is 9.18 Å². The highest BCUT2D eigenvalue weighted by atomic mass is 35.5. The summed E-state index contributed by atoms with van der Waals surface area (Å²) in [6.07, 6.45) is 0. The molecule has 0 aliphatic heterocycles. The monoisotopic (exact) mass is 338 g/mol. The van der Waals surface area contributed by atoms with Crippen LogP contribution in [-0.4, -0.2) is 19.7 Å². The number of rotatable bonds is 6. The van der Waals surface area contributed by atoms with E-state index < -0.39 is 11.8 Å². The summed E-state index contributed by atoms with van der Waals surface area (Å²) in [5.41, 5.74) is 1.01. The second-order valence-electron chi connectivity index (χ2n) is 4.61. The predicted molar refractivity (Wildman–Crippen MR) is 84.7 cm³/mol. The van der Waals surface area contributed by atoms with Gasteiger partial charge >= 0.3 is 5.97 Å². The summed E-state index contributed by atoms with van der Waals surface area (Å²) in [4.78, 5) is 11.6. The lowest BCUT2D eigenvalue weighted by Crippen LogP contribution is -2.04. The number of carbonyl (C=O) groups is 1. The van der Waals surface area contributed by atoms with Gasteiger partial charge in [-0.1, -0.05) is 17.7 Å². The molecule has 0 saturated heterocycles. The van der Waals surface area contributed by atoms with Crippen molar-refractivity contribution in [2.24, 2.45) is 0 Å². The first kappa shape index (κ1) is 17.1. The Kier molecular flexibility index (Phi) is 5.82. The van der Waals surface area contributed by atoms with Crippen LogP contribution in [-0.2, 0) is 11.3 Å². The summed E-state index contributed by atoms with van der Waals surface area (Å²) in [5, 5.41) is 0.286. The minimum absolute atomic E-state index is 0.150. The Labute approximate surface area is 138 Å². The lowest BCUT2D eigenvalue weighted by atomic mass is 10.2. The van der Waals surface area contributed by atoms with Crippen LogP contribution in [0, 0.1) is 5.82 Å². The van der Waals surface area contributed by atoms with E-state index >= 15 is 0 Å². The molecule has 0 unspecified atom stereocenters. The molecule has 0 heterocycles. The molecule has 0 aliphatic carbocycles. The molecule has 0 saturated carbocycles. The maximum absolute atomic E-state index is 13.0. The molecule has 0 bridgehead atoms. The number of hydrogen-bond donors (Lipinski definition) is 0. The number of ether oxygens (including phenoxy) is 3. The van der Waals surface area contributed by atoms with Gasteiger partial charge < -0.3 is 14.2 Å². The van der Waals surface area contributed by atoms with E-state index in [1.807, 2.05) is 6.92 Å². The van der Waals surface area contributed by atoms with Gasteiger partial charge in [-0.3, -0.25) is 0 Å². The summed E-state index contributed by atoms with van der Waals surface area (Å²) in [6.45, 7) is 2.39. The number of hydrogen-bond acceptors (Lipinski definition) is 4. The first-order valence-electron chi connectivity index (χ1n) is 6.97. The van der Waals surface area contributed by atoms with E-state index in [4.69, 9.17) is 21.1 Å². The van der Waals surface area contributed by atoms with Gasteiger partial charge in [-0.15, -0.1) is 0 Å². The number of carbonyl (C=O) groups excluding carboxylic acids is 1. The Hall–Kier alpha value is -2.27. The van der Waals surface area contributed by atoms with E-state index in [-0.39, 0.29) is 11.6 Å². The van der Waals surface area contributed by atoms with Crippen molar-refractivity contribution >= 4 is 17.6 Å². The van der Waals surface area contributed by atoms with E-state index in [0.717, 1.165) is 0 Å². The quantitative estimate of drug-likeness (QED) is 0.739. The van der Waals surface area contributed by atoms with E-state index in [2.05, 4.69) is 4.74 Å². The van der Waals surface area contributed by atoms with Crippen LogP contribution in [0.5, 0.6) is 11.5 Å². The van der Waals surface area contributed by atoms with Crippen LogP contribution in [0.3, 0.4) is 0 Å². The minimum atomic E-state index is -0.459. The van der Waals surface area contributed by atoms with Crippen LogP contribution in [0.15, 0.2) is 36.4 Å². The molecule has 0 atom stereocenters. The zero-order valence-electron chi connectivity index (χ0n) is 12.8. The molecule has 0 spiro atoms. The predicted octanol–water partition coefficient (Wildman–Crippen LogP) is 4.24. The van der Waals surface area contributed by atoms with Crippen LogP contribution in [0.25, 0.3) is 0 Å². The van der Waals surface area contributed by atoms with Gasteiger partial charge in [-0.2, -0.15) is 0 Å². The van der Waals surface area contributed by atoms with Crippen LogP contribution in [0.2, 0.25) is 5.02 Å². The smallest absolute Gasteiger partial charge is 0.337 e. The first-order valence-corrected chi connectivity index (χ1v) is 7.34. The maximum Gasteiger partial charge on any atom is 0.337 e. The molecule has 0 aromatic heterocycles. The van der Waals surface area contributed by atoms with Crippen molar-refractivity contribution in [3.8, 4) is 11.5 Å². The Morgan fingerprint density at radius 2 is 1.91 bits per heavy atom. The maximum atomic E-state index is 13.0. The number of halogens is 2. The highest BCUT2D eigenvalue weighted by Crippen LogP contribution is 2.30. The second-order valence-corrected chi connectivity index (χ2v) is 5.02. The standard InChI is InChI=1S/C17H16ClFO4/c1-3-22-16-8-11(17(20)21-2)5-7-15(16)23-10-12-4-6-13(19)9-14(12)18/h4-9H,3,10H2,1-2H3. The normalized spacial score (nSPS) is 10.3. The zero-order chi connectivity index (χ0) is 16.8. The summed E-state index contributed by atoms with van der Waals surface area (Å²) < 4.78 is 28.9. The zero-order valence-corrected chi connectivity index (χ0v) is 13.5. The third-order valence-electron chi connectivity index (χ3n) is 3.06. The molecule has 0 N–H and O–H groups in total. The van der Waals surface area contributed by atoms with Gasteiger partial charge in [0.25, 0.3) is 0 Å². The molecule has 23 heavy (non-hydrogen) atoms. The fourth-order valence-corrected chi connectivity index (χ4v) is 2.16. The van der Waals surface area contributed by atoms with Gasteiger partial charge in [-0.05, 0) is 37.3 Å². The summed E-state index contributed by atoms with van der Waals surface area (Å²) in [5.74, 6) is 0.0174. The third-order valence-corrected chi connectivity index (χ3v) is 3.41. The number of methoxy groups -OCH3 is 1. The lowest BCUT2D eigenvalue weighted by Gasteiger charge is -2.13. The molecule has 0 radical (unpaired) electrons. The van der Waals surface area contributed by atoms with Crippen molar-refractivity contribution in [3.05, 3.63) is 58.4 Å². The molecule has 6 heteroatoms. The Morgan fingerprint density at radius 1 is 1.13 bits per heavy atom. The first-order chi connectivity index (χ1) is 11.0. The van der Waals surface area contributed by atoms with Crippen LogP contribution < -0.4 is 9.47 Å². The van der Waals surface area contributed by atoms with Crippen LogP contribution >= 0.6 is 11.6 Å². The lowest BCUT2D eigenvalue weighted by molar-refractivity contribution is 0.0600. The second kappa shape index (κ2) is 7.83. The summed E-state index contributed by atoms with van der Waals surface area (Å²) in [7, 11) is 1.31. The van der Waals surface area contributed by atoms with E-state index in [1.54, 1.807) is 24.3 Å². The molecule has 0 aliphatic rings. The van der Waals surface area contributed by atoms with Crippen molar-refractivity contribution in [1.82, 2.24) is 0 Å². The van der Waals surface area contributed by atoms with Gasteiger partial charge in [0.2, 0.25) is 0 Å². The molecule has 0 amide bonds. The Morgan fingerprint density at radius 3 is 2.57 bits per heavy atom. The molecule has 4 nitrogen and oxygen atoms in total. The number of benzene rings is 2. The molecular weight excluding hydrogens is 323 g/mol. The highest BCUT2D eigenvalue weighted by Gasteiger charge is 2.12. The Balaban J connectivity index is 2.19. The van der Waals surface area contributed by atoms with Gasteiger partial charge in [0, 0.05) is 5.56 Å². The molecule has 122 valence electrons. The van der Waals surface area contributed by atoms with Crippen molar-refractivity contribution < 1.29 is 23.4 Å². The highest BCUT2D eigenvalue weighted by molar-refractivity contribution is 6.31. The van der Waals surface area contributed by atoms with Crippen molar-refractivity contribution in [2.75, 3.05) is 13.7 Å². The van der Waals surface area contributed by atoms with E-state index in [0.29, 0.717) is 29.2 Å². The van der Waals surface area contributed by atoms with Crippen molar-refractivity contribution in [1.29, 1.82) is 0 Å². The fraction of sp³-hybridized carbons (Fsp3) is 0.235. The molecule has 0 fully saturated rings. The largest absolute Gasteiger partial charge is 0.490 e. The van der Waals surface area contributed by atoms with Gasteiger partial charge in [0.15, 0.2) is 11.5 Å². The molecule has 2 rings (SSSR count). The SMILES string of the molecule is CCOc1cc(C(=O)OC)ccc1OCc1ccc(F)cc1Cl. The molecular formula is C17H16ClFO4. The topological polar surface area (TPSA) is 44.8 Å². The van der Waals surface area contributed by atoms with Gasteiger partial charge in [-0.25, -0.2) is 9.18 Å². The van der Waals surface area contributed by atoms with Crippen molar-refractivity contribution in [3.63, 3.8) is 0 Å². The number of esters is 1. The van der Waals surface area contributed by atoms with Crippen LogP contribution in [0.1, 0.15) is 22.8 Å². The minimum Gasteiger partial charge on any atom is -0.490 e. The van der Waals surface area contributed by atoms with Crippen molar-refractivity contribution in [2.45, 2.75) is 13.5 Å². The van der Waals surface area contributed by atoms with Gasteiger partial charge in [0.1, 0.15) is 12.4 Å². The molecule has 2 aromatic rings. The summed E-state index contributed by atoms with van der Waals surface area (Å²) in [6, 6.07) is 8.85.